The summed E-state index contributed by atoms with van der Waals surface area (Å²) in [5.41, 5.74) is 0.0839. The number of hydrogen-bond acceptors (Lipinski definition) is 1. The van der Waals surface area contributed by atoms with Gasteiger partial charge in [0.05, 0.1) is 0 Å². The van der Waals surface area contributed by atoms with Crippen molar-refractivity contribution in [2.24, 2.45) is 5.41 Å². The van der Waals surface area contributed by atoms with Gasteiger partial charge in [-0.25, -0.2) is 0 Å². The Morgan fingerprint density at radius 1 is 1.55 bits per heavy atom. The average Bonchev–Trinajstić information content (AvgIpc) is 1.85. The fraction of sp³-hybridized carbons (Fsp3) is 0.500. The van der Waals surface area contributed by atoms with Crippen molar-refractivity contribution in [1.82, 2.24) is 0 Å². The summed E-state index contributed by atoms with van der Waals surface area (Å²) < 4.78 is 0. The van der Waals surface area contributed by atoms with E-state index in [0.717, 1.165) is 6.42 Å². The molecule has 0 amide bonds. The van der Waals surface area contributed by atoms with E-state index in [9.17, 15) is 4.79 Å². The molecule has 0 aromatic carbocycles. The van der Waals surface area contributed by atoms with E-state index < -0.39 is 0 Å². The van der Waals surface area contributed by atoms with E-state index in [4.69, 9.17) is 0 Å². The van der Waals surface area contributed by atoms with Crippen molar-refractivity contribution < 1.29 is 4.79 Å². The van der Waals surface area contributed by atoms with Crippen LogP contribution in [0.1, 0.15) is 26.7 Å². The molecular formula is C10H14O. The van der Waals surface area contributed by atoms with Crippen molar-refractivity contribution in [3.8, 4) is 0 Å². The van der Waals surface area contributed by atoms with Crippen LogP contribution in [0.2, 0.25) is 0 Å². The van der Waals surface area contributed by atoms with Crippen LogP contribution in [0.25, 0.3) is 0 Å². The molecule has 0 bridgehead atoms. The zero-order chi connectivity index (χ0) is 8.32. The molecule has 0 saturated heterocycles. The second-order valence-electron chi connectivity index (χ2n) is 3.52. The first kappa shape index (κ1) is 8.25. The summed E-state index contributed by atoms with van der Waals surface area (Å²) in [5.74, 6) is 0.271. The van der Waals surface area contributed by atoms with E-state index in [1.807, 2.05) is 12.2 Å². The monoisotopic (exact) mass is 150 g/mol. The highest BCUT2D eigenvalue weighted by molar-refractivity contribution is 5.76. The molecule has 11 heavy (non-hydrogen) atoms. The Morgan fingerprint density at radius 2 is 2.27 bits per heavy atom. The van der Waals surface area contributed by atoms with E-state index in [1.54, 1.807) is 6.92 Å². The standard InChI is InChI=1S/C10H14O/c1-9(11)8-10(2)6-4-3-5-7-10/h3-6H,7-8H2,1-2H3. The van der Waals surface area contributed by atoms with Crippen LogP contribution in [-0.2, 0) is 4.79 Å². The molecule has 0 radical (unpaired) electrons. The van der Waals surface area contributed by atoms with E-state index in [0.29, 0.717) is 6.42 Å². The molecule has 0 fully saturated rings. The van der Waals surface area contributed by atoms with Gasteiger partial charge in [-0.15, -0.1) is 0 Å². The number of hydrogen-bond donors (Lipinski definition) is 0. The Labute approximate surface area is 67.8 Å². The van der Waals surface area contributed by atoms with Crippen molar-refractivity contribution in [2.45, 2.75) is 26.7 Å². The first-order chi connectivity index (χ1) is 5.12. The molecule has 1 heteroatoms. The van der Waals surface area contributed by atoms with Gasteiger partial charge in [0.2, 0.25) is 0 Å². The van der Waals surface area contributed by atoms with Crippen LogP contribution in [0, 0.1) is 5.41 Å². The molecule has 1 aliphatic carbocycles. The molecule has 0 aromatic heterocycles. The van der Waals surface area contributed by atoms with Gasteiger partial charge in [0.25, 0.3) is 0 Å². The lowest BCUT2D eigenvalue weighted by atomic mass is 9.80. The largest absolute Gasteiger partial charge is 0.300 e. The number of allylic oxidation sites excluding steroid dienone is 4. The van der Waals surface area contributed by atoms with Gasteiger partial charge < -0.3 is 0 Å². The van der Waals surface area contributed by atoms with Crippen LogP contribution >= 0.6 is 0 Å². The third-order valence-electron chi connectivity index (χ3n) is 1.98. The van der Waals surface area contributed by atoms with Crippen LogP contribution in [0.15, 0.2) is 24.3 Å². The first-order valence-corrected chi connectivity index (χ1v) is 3.96. The third kappa shape index (κ3) is 2.34. The van der Waals surface area contributed by atoms with Gasteiger partial charge >= 0.3 is 0 Å². The summed E-state index contributed by atoms with van der Waals surface area (Å²) in [6.07, 6.45) is 9.93. The fourth-order valence-corrected chi connectivity index (χ4v) is 1.47. The quantitative estimate of drug-likeness (QED) is 0.591. The maximum Gasteiger partial charge on any atom is 0.130 e. The van der Waals surface area contributed by atoms with Gasteiger partial charge in [-0.2, -0.15) is 0 Å². The molecular weight excluding hydrogens is 136 g/mol. The zero-order valence-corrected chi connectivity index (χ0v) is 7.13. The van der Waals surface area contributed by atoms with Gasteiger partial charge in [0.15, 0.2) is 0 Å². The molecule has 0 spiro atoms. The number of ketones is 1. The molecule has 0 aromatic rings. The van der Waals surface area contributed by atoms with E-state index >= 15 is 0 Å². The second-order valence-corrected chi connectivity index (χ2v) is 3.52. The molecule has 0 saturated carbocycles. The Bertz CT molecular complexity index is 213. The maximum atomic E-state index is 10.9. The van der Waals surface area contributed by atoms with Crippen LogP contribution in [-0.4, -0.2) is 5.78 Å². The molecule has 1 unspecified atom stereocenters. The highest BCUT2D eigenvalue weighted by atomic mass is 16.1. The first-order valence-electron chi connectivity index (χ1n) is 3.96. The van der Waals surface area contributed by atoms with Crippen molar-refractivity contribution in [2.75, 3.05) is 0 Å². The maximum absolute atomic E-state index is 10.9. The normalized spacial score (nSPS) is 28.9. The summed E-state index contributed by atoms with van der Waals surface area (Å²) in [4.78, 5) is 10.9. The second kappa shape index (κ2) is 3.04. The SMILES string of the molecule is CC(=O)CC1(C)C=CC=CC1. The lowest BCUT2D eigenvalue weighted by Crippen LogP contribution is -2.17. The summed E-state index contributed by atoms with van der Waals surface area (Å²) in [6, 6.07) is 0. The van der Waals surface area contributed by atoms with Gasteiger partial charge in [-0.1, -0.05) is 31.2 Å². The molecule has 1 rings (SSSR count). The Kier molecular flexibility index (Phi) is 2.28. The summed E-state index contributed by atoms with van der Waals surface area (Å²) in [5, 5.41) is 0. The van der Waals surface area contributed by atoms with Gasteiger partial charge in [-0.05, 0) is 18.8 Å². The van der Waals surface area contributed by atoms with Crippen molar-refractivity contribution >= 4 is 5.78 Å². The van der Waals surface area contributed by atoms with Gasteiger partial charge in [0, 0.05) is 6.42 Å². The number of rotatable bonds is 2. The predicted molar refractivity (Wildman–Crippen MR) is 46.3 cm³/mol. The number of Topliss-reactive ketones (excluding diaryl/α,β-unsaturated/α-hetero) is 1. The Balaban J connectivity index is 2.61. The van der Waals surface area contributed by atoms with E-state index in [1.165, 1.54) is 0 Å². The highest BCUT2D eigenvalue weighted by Crippen LogP contribution is 2.30. The van der Waals surface area contributed by atoms with Gasteiger partial charge in [-0.3, -0.25) is 4.79 Å². The lowest BCUT2D eigenvalue weighted by Gasteiger charge is -2.24. The van der Waals surface area contributed by atoms with Crippen LogP contribution in [0.4, 0.5) is 0 Å². The average molecular weight is 150 g/mol. The zero-order valence-electron chi connectivity index (χ0n) is 7.13. The molecule has 1 aliphatic rings. The van der Waals surface area contributed by atoms with Crippen molar-refractivity contribution in [3.63, 3.8) is 0 Å². The number of carbonyl (C=O) groups excluding carboxylic acids is 1. The van der Waals surface area contributed by atoms with Crippen LogP contribution in [0.5, 0.6) is 0 Å². The molecule has 0 N–H and O–H groups in total. The molecule has 0 heterocycles. The summed E-state index contributed by atoms with van der Waals surface area (Å²) in [6.45, 7) is 3.77. The molecule has 1 atom stereocenters. The predicted octanol–water partition coefficient (Wildman–Crippen LogP) is 2.49. The van der Waals surface area contributed by atoms with Crippen molar-refractivity contribution in [3.05, 3.63) is 24.3 Å². The molecule has 0 aliphatic heterocycles. The minimum absolute atomic E-state index is 0.0839. The highest BCUT2D eigenvalue weighted by Gasteiger charge is 2.22. The fourth-order valence-electron chi connectivity index (χ4n) is 1.47. The van der Waals surface area contributed by atoms with Crippen molar-refractivity contribution in [1.29, 1.82) is 0 Å². The minimum Gasteiger partial charge on any atom is -0.300 e. The van der Waals surface area contributed by atoms with E-state index in [2.05, 4.69) is 19.1 Å². The minimum atomic E-state index is 0.0839. The smallest absolute Gasteiger partial charge is 0.130 e. The van der Waals surface area contributed by atoms with Crippen LogP contribution in [0.3, 0.4) is 0 Å². The third-order valence-corrected chi connectivity index (χ3v) is 1.98. The summed E-state index contributed by atoms with van der Waals surface area (Å²) in [7, 11) is 0. The van der Waals surface area contributed by atoms with Crippen LogP contribution < -0.4 is 0 Å². The van der Waals surface area contributed by atoms with Gasteiger partial charge in [0.1, 0.15) is 5.78 Å². The van der Waals surface area contributed by atoms with E-state index in [-0.39, 0.29) is 11.2 Å². The Morgan fingerprint density at radius 3 is 2.73 bits per heavy atom. The summed E-state index contributed by atoms with van der Waals surface area (Å²) >= 11 is 0. The molecule has 60 valence electrons. The topological polar surface area (TPSA) is 17.1 Å². The Hall–Kier alpha value is -0.850. The molecule has 1 nitrogen and oxygen atoms in total. The number of carbonyl (C=O) groups is 1. The lowest BCUT2D eigenvalue weighted by molar-refractivity contribution is -0.118.